The first-order chi connectivity index (χ1) is 10.6. The summed E-state index contributed by atoms with van der Waals surface area (Å²) >= 11 is 0. The van der Waals surface area contributed by atoms with Crippen LogP contribution in [0.2, 0.25) is 0 Å². The van der Waals surface area contributed by atoms with Crippen molar-refractivity contribution in [3.05, 3.63) is 0 Å². The molecule has 4 heteroatoms. The van der Waals surface area contributed by atoms with Crippen molar-refractivity contribution in [1.29, 1.82) is 0 Å². The van der Waals surface area contributed by atoms with Crippen molar-refractivity contribution in [2.75, 3.05) is 39.3 Å². The zero-order valence-electron chi connectivity index (χ0n) is 16.2. The van der Waals surface area contributed by atoms with Gasteiger partial charge in [-0.05, 0) is 52.0 Å². The normalized spacial score (nSPS) is 23.6. The fraction of sp³-hybridized carbons (Fsp3) is 0.947. The van der Waals surface area contributed by atoms with E-state index in [0.29, 0.717) is 23.9 Å². The number of carbonyl (C=O) groups is 1. The molecule has 2 fully saturated rings. The summed E-state index contributed by atoms with van der Waals surface area (Å²) in [6.45, 7) is 19.5. The third kappa shape index (κ3) is 5.46. The van der Waals surface area contributed by atoms with Crippen LogP contribution in [0.25, 0.3) is 0 Å². The fourth-order valence-electron chi connectivity index (χ4n) is 3.59. The fourth-order valence-corrected chi connectivity index (χ4v) is 3.59. The minimum atomic E-state index is 0.0953. The van der Waals surface area contributed by atoms with Gasteiger partial charge in [0.1, 0.15) is 0 Å². The topological polar surface area (TPSA) is 26.8 Å². The molecule has 4 nitrogen and oxygen atoms in total. The molecule has 0 unspecified atom stereocenters. The molecule has 0 aromatic rings. The molecule has 2 aliphatic rings. The maximum atomic E-state index is 12.6. The molecule has 134 valence electrons. The SMILES string of the molecule is CC(C)(C)CCN1CCC(N2CCN(C(C)(C)C)CC2=O)CC1. The highest BCUT2D eigenvalue weighted by Crippen LogP contribution is 2.24. The van der Waals surface area contributed by atoms with Crippen LogP contribution >= 0.6 is 0 Å². The van der Waals surface area contributed by atoms with Crippen molar-refractivity contribution >= 4 is 5.91 Å². The molecule has 0 aromatic heterocycles. The van der Waals surface area contributed by atoms with Gasteiger partial charge in [0.15, 0.2) is 0 Å². The molecule has 2 saturated heterocycles. The van der Waals surface area contributed by atoms with Crippen LogP contribution in [0.5, 0.6) is 0 Å². The Morgan fingerprint density at radius 3 is 2.04 bits per heavy atom. The average molecular weight is 324 g/mol. The molecule has 0 atom stereocenters. The smallest absolute Gasteiger partial charge is 0.237 e. The van der Waals surface area contributed by atoms with Crippen LogP contribution in [0, 0.1) is 5.41 Å². The van der Waals surface area contributed by atoms with E-state index in [1.807, 2.05) is 0 Å². The first-order valence-electron chi connectivity index (χ1n) is 9.33. The number of hydrogen-bond acceptors (Lipinski definition) is 3. The molecular weight excluding hydrogens is 286 g/mol. The summed E-state index contributed by atoms with van der Waals surface area (Å²) in [7, 11) is 0. The Kier molecular flexibility index (Phi) is 5.78. The van der Waals surface area contributed by atoms with Crippen molar-refractivity contribution in [3.63, 3.8) is 0 Å². The minimum Gasteiger partial charge on any atom is -0.337 e. The van der Waals surface area contributed by atoms with Crippen molar-refractivity contribution in [2.24, 2.45) is 5.41 Å². The number of hydrogen-bond donors (Lipinski definition) is 0. The number of piperazine rings is 1. The number of piperidine rings is 1. The Morgan fingerprint density at radius 1 is 0.957 bits per heavy atom. The van der Waals surface area contributed by atoms with Crippen LogP contribution < -0.4 is 0 Å². The second-order valence-corrected chi connectivity index (χ2v) is 9.56. The monoisotopic (exact) mass is 323 g/mol. The molecule has 0 aromatic carbocycles. The molecule has 0 bridgehead atoms. The summed E-state index contributed by atoms with van der Waals surface area (Å²) in [6.07, 6.45) is 3.54. The molecule has 1 amide bonds. The zero-order valence-corrected chi connectivity index (χ0v) is 16.2. The van der Waals surface area contributed by atoms with Crippen LogP contribution in [0.4, 0.5) is 0 Å². The molecule has 23 heavy (non-hydrogen) atoms. The van der Waals surface area contributed by atoms with Crippen LogP contribution in [0.15, 0.2) is 0 Å². The van der Waals surface area contributed by atoms with Gasteiger partial charge < -0.3 is 9.80 Å². The van der Waals surface area contributed by atoms with Gasteiger partial charge in [0.05, 0.1) is 6.54 Å². The first-order valence-corrected chi connectivity index (χ1v) is 9.33. The van der Waals surface area contributed by atoms with Crippen molar-refractivity contribution in [1.82, 2.24) is 14.7 Å². The Hall–Kier alpha value is -0.610. The van der Waals surface area contributed by atoms with Gasteiger partial charge in [-0.2, -0.15) is 0 Å². The molecule has 2 aliphatic heterocycles. The lowest BCUT2D eigenvalue weighted by Gasteiger charge is -2.46. The molecule has 0 N–H and O–H groups in total. The molecule has 0 saturated carbocycles. The van der Waals surface area contributed by atoms with E-state index in [4.69, 9.17) is 0 Å². The molecular formula is C19H37N3O. The van der Waals surface area contributed by atoms with Gasteiger partial charge in [-0.3, -0.25) is 9.69 Å². The van der Waals surface area contributed by atoms with E-state index in [1.165, 1.54) is 13.0 Å². The largest absolute Gasteiger partial charge is 0.337 e. The maximum Gasteiger partial charge on any atom is 0.237 e. The summed E-state index contributed by atoms with van der Waals surface area (Å²) in [5.74, 6) is 0.333. The number of amides is 1. The van der Waals surface area contributed by atoms with E-state index < -0.39 is 0 Å². The van der Waals surface area contributed by atoms with Gasteiger partial charge in [0, 0.05) is 37.8 Å². The van der Waals surface area contributed by atoms with Gasteiger partial charge in [-0.15, -0.1) is 0 Å². The second kappa shape index (κ2) is 7.10. The molecule has 0 radical (unpaired) electrons. The number of nitrogens with zero attached hydrogens (tertiary/aromatic N) is 3. The molecule has 0 aliphatic carbocycles. The second-order valence-electron chi connectivity index (χ2n) is 9.56. The predicted octanol–water partition coefficient (Wildman–Crippen LogP) is 2.83. The van der Waals surface area contributed by atoms with Crippen molar-refractivity contribution < 1.29 is 4.79 Å². The molecule has 0 spiro atoms. The number of likely N-dealkylation sites (tertiary alicyclic amines) is 1. The highest BCUT2D eigenvalue weighted by molar-refractivity contribution is 5.79. The Bertz CT molecular complexity index is 400. The van der Waals surface area contributed by atoms with Gasteiger partial charge in [0.2, 0.25) is 5.91 Å². The summed E-state index contributed by atoms with van der Waals surface area (Å²) in [5.41, 5.74) is 0.508. The maximum absolute atomic E-state index is 12.6. The molecule has 2 rings (SSSR count). The third-order valence-electron chi connectivity index (χ3n) is 5.38. The van der Waals surface area contributed by atoms with E-state index in [9.17, 15) is 4.79 Å². The number of rotatable bonds is 3. The highest BCUT2D eigenvalue weighted by atomic mass is 16.2. The highest BCUT2D eigenvalue weighted by Gasteiger charge is 2.35. The summed E-state index contributed by atoms with van der Waals surface area (Å²) in [6, 6.07) is 0.468. The zero-order chi connectivity index (χ0) is 17.3. The Balaban J connectivity index is 1.79. The lowest BCUT2D eigenvalue weighted by atomic mass is 9.91. The summed E-state index contributed by atoms with van der Waals surface area (Å²) < 4.78 is 0. The summed E-state index contributed by atoms with van der Waals surface area (Å²) in [5, 5.41) is 0. The quantitative estimate of drug-likeness (QED) is 0.799. The van der Waals surface area contributed by atoms with E-state index in [2.05, 4.69) is 56.2 Å². The van der Waals surface area contributed by atoms with Crippen molar-refractivity contribution in [2.45, 2.75) is 72.4 Å². The average Bonchev–Trinajstić information content (AvgIpc) is 2.44. The van der Waals surface area contributed by atoms with E-state index >= 15 is 0 Å². The van der Waals surface area contributed by atoms with E-state index in [-0.39, 0.29) is 5.54 Å². The van der Waals surface area contributed by atoms with Crippen LogP contribution in [0.3, 0.4) is 0 Å². The lowest BCUT2D eigenvalue weighted by Crippen LogP contribution is -2.59. The third-order valence-corrected chi connectivity index (χ3v) is 5.38. The van der Waals surface area contributed by atoms with Crippen molar-refractivity contribution in [3.8, 4) is 0 Å². The van der Waals surface area contributed by atoms with Crippen LogP contribution in [0.1, 0.15) is 60.8 Å². The van der Waals surface area contributed by atoms with E-state index in [0.717, 1.165) is 39.0 Å². The Morgan fingerprint density at radius 2 is 1.57 bits per heavy atom. The lowest BCUT2D eigenvalue weighted by molar-refractivity contribution is -0.142. The van der Waals surface area contributed by atoms with Crippen LogP contribution in [-0.4, -0.2) is 71.5 Å². The van der Waals surface area contributed by atoms with Crippen LogP contribution in [-0.2, 0) is 4.79 Å². The minimum absolute atomic E-state index is 0.0953. The Labute approximate surface area is 143 Å². The standard InChI is InChI=1S/C19H37N3O/c1-18(2,3)9-12-20-10-7-16(8-11-20)22-14-13-21(15-17(22)23)19(4,5)6/h16H,7-15H2,1-6H3. The van der Waals surface area contributed by atoms with E-state index in [1.54, 1.807) is 0 Å². The van der Waals surface area contributed by atoms with Gasteiger partial charge >= 0.3 is 0 Å². The molecule has 2 heterocycles. The van der Waals surface area contributed by atoms with Gasteiger partial charge in [0.25, 0.3) is 0 Å². The number of carbonyl (C=O) groups excluding carboxylic acids is 1. The van der Waals surface area contributed by atoms with Gasteiger partial charge in [-0.25, -0.2) is 0 Å². The summed E-state index contributed by atoms with van der Waals surface area (Å²) in [4.78, 5) is 19.6. The van der Waals surface area contributed by atoms with Gasteiger partial charge in [-0.1, -0.05) is 20.8 Å². The first kappa shape index (κ1) is 18.7. The predicted molar refractivity (Wildman–Crippen MR) is 96.6 cm³/mol.